The lowest BCUT2D eigenvalue weighted by Gasteiger charge is -2.20. The molecule has 0 aromatic heterocycles. The van der Waals surface area contributed by atoms with E-state index < -0.39 is 7.71 Å². The molecule has 10 heavy (non-hydrogen) atoms. The summed E-state index contributed by atoms with van der Waals surface area (Å²) in [5.74, 6) is 0. The summed E-state index contributed by atoms with van der Waals surface area (Å²) in [5, 5.41) is 0. The zero-order chi connectivity index (χ0) is 8.04. The molecule has 0 aromatic carbocycles. The summed E-state index contributed by atoms with van der Waals surface area (Å²) in [6.07, 6.45) is 0. The van der Waals surface area contributed by atoms with Gasteiger partial charge in [-0.15, -0.1) is 17.7 Å². The Hall–Kier alpha value is 0.167. The lowest BCUT2D eigenvalue weighted by atomic mass is 10.8. The van der Waals surface area contributed by atoms with Crippen LogP contribution in [0.1, 0.15) is 13.8 Å². The van der Waals surface area contributed by atoms with Gasteiger partial charge in [-0.05, 0) is 13.1 Å². The fourth-order valence-electron chi connectivity index (χ4n) is 0.721. The molecule has 0 rings (SSSR count). The highest BCUT2D eigenvalue weighted by molar-refractivity contribution is 7.20. The molecule has 60 valence electrons. The van der Waals surface area contributed by atoms with Crippen LogP contribution in [0, 0.1) is 0 Å². The molecule has 0 saturated heterocycles. The van der Waals surface area contributed by atoms with Crippen molar-refractivity contribution >= 4 is 18.8 Å². The molecule has 0 atom stereocenters. The van der Waals surface area contributed by atoms with Gasteiger partial charge in [0.2, 0.25) is 0 Å². The zero-order valence-electron chi connectivity index (χ0n) is 6.58. The maximum absolute atomic E-state index is 6.12. The van der Waals surface area contributed by atoms with Crippen LogP contribution < -0.4 is 9.96 Å². The van der Waals surface area contributed by atoms with Gasteiger partial charge in [0.25, 0.3) is 0 Å². The van der Waals surface area contributed by atoms with Crippen molar-refractivity contribution < 1.29 is 0 Å². The highest BCUT2D eigenvalue weighted by Gasteiger charge is 2.24. The van der Waals surface area contributed by atoms with Crippen molar-refractivity contribution in [2.75, 3.05) is 13.1 Å². The fraction of sp³-hybridized carbons (Fsp3) is 0.667. The second-order valence-corrected chi connectivity index (χ2v) is 6.30. The summed E-state index contributed by atoms with van der Waals surface area (Å²) in [7, 11) is -1.99. The lowest BCUT2D eigenvalue weighted by molar-refractivity contribution is 0.895. The molecule has 0 heterocycles. The highest BCUT2D eigenvalue weighted by atomic mass is 35.6. The Morgan fingerprint density at radius 3 is 2.00 bits per heavy atom. The summed E-state index contributed by atoms with van der Waals surface area (Å²) in [6.45, 7) is 9.51. The SMILES string of the molecule is C=C[Si](Cl)(NCC)NCC. The van der Waals surface area contributed by atoms with Crippen molar-refractivity contribution in [2.24, 2.45) is 0 Å². The first kappa shape index (κ1) is 10.2. The molecule has 0 saturated carbocycles. The third-order valence-corrected chi connectivity index (χ3v) is 4.71. The number of hydrogen-bond donors (Lipinski definition) is 2. The molecule has 0 aliphatic rings. The molecule has 0 fully saturated rings. The molecule has 4 heteroatoms. The van der Waals surface area contributed by atoms with E-state index in [0.29, 0.717) is 0 Å². The smallest absolute Gasteiger partial charge is 0.311 e. The van der Waals surface area contributed by atoms with E-state index in [1.807, 2.05) is 13.8 Å². The van der Waals surface area contributed by atoms with E-state index in [0.717, 1.165) is 13.1 Å². The third-order valence-electron chi connectivity index (χ3n) is 1.15. The Kier molecular flexibility index (Phi) is 4.98. The zero-order valence-corrected chi connectivity index (χ0v) is 8.33. The molecule has 0 unspecified atom stereocenters. The summed E-state index contributed by atoms with van der Waals surface area (Å²) in [4.78, 5) is 6.37. The fourth-order valence-corrected chi connectivity index (χ4v) is 2.97. The molecule has 0 bridgehead atoms. The van der Waals surface area contributed by atoms with Gasteiger partial charge in [0.15, 0.2) is 0 Å². The van der Waals surface area contributed by atoms with Crippen LogP contribution in [0.5, 0.6) is 0 Å². The summed E-state index contributed by atoms with van der Waals surface area (Å²) in [6, 6.07) is 0. The molecule has 2 nitrogen and oxygen atoms in total. The quantitative estimate of drug-likeness (QED) is 0.487. The van der Waals surface area contributed by atoms with Crippen LogP contribution in [0.2, 0.25) is 0 Å². The van der Waals surface area contributed by atoms with Crippen LogP contribution >= 0.6 is 11.1 Å². The van der Waals surface area contributed by atoms with E-state index in [1.54, 1.807) is 5.70 Å². The largest absolute Gasteiger partial charge is 0.327 e. The summed E-state index contributed by atoms with van der Waals surface area (Å²) in [5.41, 5.74) is 1.79. The first-order valence-corrected chi connectivity index (χ1v) is 6.60. The van der Waals surface area contributed by atoms with Gasteiger partial charge in [0.05, 0.1) is 0 Å². The topological polar surface area (TPSA) is 24.1 Å². The Morgan fingerprint density at radius 1 is 1.40 bits per heavy atom. The maximum Gasteiger partial charge on any atom is 0.327 e. The number of halogens is 1. The van der Waals surface area contributed by atoms with Crippen LogP contribution in [-0.4, -0.2) is 20.8 Å². The van der Waals surface area contributed by atoms with Gasteiger partial charge < -0.3 is 9.96 Å². The van der Waals surface area contributed by atoms with Gasteiger partial charge in [0, 0.05) is 0 Å². The second-order valence-electron chi connectivity index (χ2n) is 1.98. The molecule has 0 aromatic rings. The van der Waals surface area contributed by atoms with Gasteiger partial charge in [-0.1, -0.05) is 19.5 Å². The van der Waals surface area contributed by atoms with E-state index in [-0.39, 0.29) is 0 Å². The minimum absolute atomic E-state index is 0.884. The number of rotatable bonds is 5. The minimum Gasteiger partial charge on any atom is -0.311 e. The maximum atomic E-state index is 6.12. The molecule has 2 N–H and O–H groups in total. The predicted molar refractivity (Wildman–Crippen MR) is 49.2 cm³/mol. The third kappa shape index (κ3) is 3.36. The van der Waals surface area contributed by atoms with Crippen LogP contribution in [0.3, 0.4) is 0 Å². The minimum atomic E-state index is -1.99. The van der Waals surface area contributed by atoms with Crippen molar-refractivity contribution in [1.29, 1.82) is 0 Å². The predicted octanol–water partition coefficient (Wildman–Crippen LogP) is 1.11. The Bertz CT molecular complexity index is 102. The van der Waals surface area contributed by atoms with E-state index >= 15 is 0 Å². The molecular formula is C6H15ClN2Si. The monoisotopic (exact) mass is 178 g/mol. The molecule has 0 radical (unpaired) electrons. The molecular weight excluding hydrogens is 164 g/mol. The Labute approximate surface area is 68.5 Å². The van der Waals surface area contributed by atoms with Crippen LogP contribution in [0.15, 0.2) is 12.3 Å². The van der Waals surface area contributed by atoms with E-state index in [9.17, 15) is 0 Å². The molecule has 0 amide bonds. The van der Waals surface area contributed by atoms with Crippen molar-refractivity contribution in [3.63, 3.8) is 0 Å². The van der Waals surface area contributed by atoms with Crippen molar-refractivity contribution in [2.45, 2.75) is 13.8 Å². The van der Waals surface area contributed by atoms with Crippen molar-refractivity contribution in [1.82, 2.24) is 9.96 Å². The van der Waals surface area contributed by atoms with Crippen LogP contribution in [-0.2, 0) is 0 Å². The number of hydrogen-bond acceptors (Lipinski definition) is 2. The lowest BCUT2D eigenvalue weighted by Crippen LogP contribution is -2.56. The molecule has 0 aliphatic heterocycles. The number of nitrogens with one attached hydrogen (secondary N) is 2. The average molecular weight is 179 g/mol. The first-order chi connectivity index (χ1) is 4.68. The first-order valence-electron chi connectivity index (χ1n) is 3.51. The van der Waals surface area contributed by atoms with Gasteiger partial charge in [0.1, 0.15) is 0 Å². The van der Waals surface area contributed by atoms with E-state index in [2.05, 4.69) is 16.5 Å². The standard InChI is InChI=1S/C6H15ClN2Si/c1-4-8-10(7,6-3)9-5-2/h6,8-9H,3-5H2,1-2H3. The molecule has 0 aliphatic carbocycles. The highest BCUT2D eigenvalue weighted by Crippen LogP contribution is 1.99. The van der Waals surface area contributed by atoms with E-state index in [1.165, 1.54) is 0 Å². The van der Waals surface area contributed by atoms with E-state index in [4.69, 9.17) is 11.1 Å². The van der Waals surface area contributed by atoms with Crippen LogP contribution in [0.4, 0.5) is 0 Å². The van der Waals surface area contributed by atoms with Gasteiger partial charge >= 0.3 is 7.71 Å². The van der Waals surface area contributed by atoms with Crippen molar-refractivity contribution in [3.05, 3.63) is 12.3 Å². The molecule has 0 spiro atoms. The van der Waals surface area contributed by atoms with Gasteiger partial charge in [-0.25, -0.2) is 0 Å². The van der Waals surface area contributed by atoms with Gasteiger partial charge in [-0.3, -0.25) is 0 Å². The van der Waals surface area contributed by atoms with Gasteiger partial charge in [-0.2, -0.15) is 0 Å². The summed E-state index contributed by atoms with van der Waals surface area (Å²) < 4.78 is 0. The summed E-state index contributed by atoms with van der Waals surface area (Å²) >= 11 is 6.12. The Balaban J connectivity index is 3.81. The van der Waals surface area contributed by atoms with Crippen molar-refractivity contribution in [3.8, 4) is 0 Å². The second kappa shape index (κ2) is 4.90. The normalized spacial score (nSPS) is 11.5. The van der Waals surface area contributed by atoms with Crippen LogP contribution in [0.25, 0.3) is 0 Å². The Morgan fingerprint density at radius 2 is 1.80 bits per heavy atom. The average Bonchev–Trinajstić information content (AvgIpc) is 1.89.